The molecule has 2 aromatic rings. The Morgan fingerprint density at radius 2 is 1.87 bits per heavy atom. The number of rotatable bonds is 7. The zero-order chi connectivity index (χ0) is 16.7. The quantitative estimate of drug-likeness (QED) is 0.838. The average Bonchev–Trinajstić information content (AvgIpc) is 2.57. The molecule has 0 radical (unpaired) electrons. The number of nitrogens with one attached hydrogen (secondary N) is 1. The van der Waals surface area contributed by atoms with E-state index in [4.69, 9.17) is 9.47 Å². The molecule has 0 saturated heterocycles. The van der Waals surface area contributed by atoms with E-state index >= 15 is 0 Å². The molecule has 0 aromatic heterocycles. The maximum absolute atomic E-state index is 12.8. The van der Waals surface area contributed by atoms with Gasteiger partial charge >= 0.3 is 0 Å². The largest absolute Gasteiger partial charge is 0.497 e. The minimum Gasteiger partial charge on any atom is -0.497 e. The van der Waals surface area contributed by atoms with Gasteiger partial charge in [0, 0.05) is 11.8 Å². The Kier molecular flexibility index (Phi) is 6.29. The highest BCUT2D eigenvalue weighted by atomic mass is 32.2. The van der Waals surface area contributed by atoms with Gasteiger partial charge < -0.3 is 14.8 Å². The number of anilines is 1. The van der Waals surface area contributed by atoms with Crippen molar-refractivity contribution in [3.8, 4) is 11.5 Å². The highest BCUT2D eigenvalue weighted by Gasteiger charge is 2.09. The smallest absolute Gasteiger partial charge is 0.234 e. The first kappa shape index (κ1) is 17.1. The summed E-state index contributed by atoms with van der Waals surface area (Å²) < 4.78 is 23.2. The van der Waals surface area contributed by atoms with Crippen LogP contribution < -0.4 is 14.8 Å². The molecule has 0 aliphatic heterocycles. The van der Waals surface area contributed by atoms with Crippen molar-refractivity contribution in [1.82, 2.24) is 0 Å². The van der Waals surface area contributed by atoms with Gasteiger partial charge in [0.1, 0.15) is 17.3 Å². The predicted molar refractivity (Wildman–Crippen MR) is 90.7 cm³/mol. The first-order valence-corrected chi connectivity index (χ1v) is 8.12. The molecule has 0 bridgehead atoms. The van der Waals surface area contributed by atoms with Gasteiger partial charge in [-0.25, -0.2) is 4.39 Å². The van der Waals surface area contributed by atoms with Gasteiger partial charge in [-0.2, -0.15) is 0 Å². The minimum absolute atomic E-state index is 0.124. The van der Waals surface area contributed by atoms with Gasteiger partial charge in [-0.05, 0) is 29.8 Å². The van der Waals surface area contributed by atoms with Gasteiger partial charge in [0.15, 0.2) is 0 Å². The van der Waals surface area contributed by atoms with Crippen LogP contribution in [-0.2, 0) is 10.5 Å². The lowest BCUT2D eigenvalue weighted by Crippen LogP contribution is -2.14. The van der Waals surface area contributed by atoms with Crippen molar-refractivity contribution in [2.75, 3.05) is 25.3 Å². The first-order chi connectivity index (χ1) is 11.1. The van der Waals surface area contributed by atoms with E-state index in [-0.39, 0.29) is 11.7 Å². The summed E-state index contributed by atoms with van der Waals surface area (Å²) in [5.74, 6) is 1.76. The molecule has 0 spiro atoms. The third-order valence-corrected chi connectivity index (χ3v) is 4.10. The summed E-state index contributed by atoms with van der Waals surface area (Å²) in [7, 11) is 3.10. The number of thioether (sulfide) groups is 1. The van der Waals surface area contributed by atoms with Crippen LogP contribution in [0.5, 0.6) is 11.5 Å². The highest BCUT2D eigenvalue weighted by molar-refractivity contribution is 7.99. The van der Waals surface area contributed by atoms with E-state index in [1.807, 2.05) is 0 Å². The van der Waals surface area contributed by atoms with E-state index in [1.165, 1.54) is 31.0 Å². The van der Waals surface area contributed by atoms with E-state index in [1.54, 1.807) is 37.4 Å². The Balaban J connectivity index is 1.86. The Morgan fingerprint density at radius 3 is 2.52 bits per heavy atom. The Bertz CT molecular complexity index is 661. The van der Waals surface area contributed by atoms with Crippen LogP contribution in [0.2, 0.25) is 0 Å². The van der Waals surface area contributed by atoms with Crippen LogP contribution in [0.15, 0.2) is 42.5 Å². The molecule has 0 aliphatic rings. The molecule has 0 fully saturated rings. The minimum atomic E-state index is -0.261. The standard InChI is InChI=1S/C17H18FNO3S/c1-21-14-7-8-15(16(9-14)22-2)19-17(20)11-23-10-12-3-5-13(18)6-4-12/h3-9H,10-11H2,1-2H3,(H,19,20). The van der Waals surface area contributed by atoms with E-state index in [2.05, 4.69) is 5.32 Å². The second-order valence-corrected chi connectivity index (χ2v) is 5.72. The number of methoxy groups -OCH3 is 2. The average molecular weight is 335 g/mol. The lowest BCUT2D eigenvalue weighted by Gasteiger charge is -2.11. The summed E-state index contributed by atoms with van der Waals surface area (Å²) in [6.07, 6.45) is 0. The third kappa shape index (κ3) is 5.17. The van der Waals surface area contributed by atoms with Crippen molar-refractivity contribution >= 4 is 23.4 Å². The molecule has 1 N–H and O–H groups in total. The van der Waals surface area contributed by atoms with E-state index in [0.717, 1.165) is 5.56 Å². The van der Waals surface area contributed by atoms with Crippen LogP contribution in [-0.4, -0.2) is 25.9 Å². The molecular formula is C17H18FNO3S. The van der Waals surface area contributed by atoms with Crippen LogP contribution in [0.3, 0.4) is 0 Å². The molecule has 122 valence electrons. The van der Waals surface area contributed by atoms with Crippen LogP contribution in [0.25, 0.3) is 0 Å². The van der Waals surface area contributed by atoms with Gasteiger partial charge in [-0.15, -0.1) is 11.8 Å². The normalized spacial score (nSPS) is 10.2. The van der Waals surface area contributed by atoms with Gasteiger partial charge in [0.2, 0.25) is 5.91 Å². The second-order valence-electron chi connectivity index (χ2n) is 4.73. The number of carbonyl (C=O) groups is 1. The number of hydrogen-bond acceptors (Lipinski definition) is 4. The topological polar surface area (TPSA) is 47.6 Å². The van der Waals surface area contributed by atoms with Gasteiger partial charge in [-0.1, -0.05) is 12.1 Å². The Morgan fingerprint density at radius 1 is 1.13 bits per heavy atom. The summed E-state index contributed by atoms with van der Waals surface area (Å²) in [4.78, 5) is 12.0. The number of hydrogen-bond donors (Lipinski definition) is 1. The van der Waals surface area contributed by atoms with Crippen molar-refractivity contribution in [3.05, 3.63) is 53.8 Å². The summed E-state index contributed by atoms with van der Waals surface area (Å²) in [6.45, 7) is 0. The maximum atomic E-state index is 12.8. The predicted octanol–water partition coefficient (Wildman–Crippen LogP) is 3.71. The number of carbonyl (C=O) groups excluding carboxylic acids is 1. The van der Waals surface area contributed by atoms with Gasteiger partial charge in [0.05, 0.1) is 25.7 Å². The molecule has 0 aliphatic carbocycles. The molecule has 1 amide bonds. The fourth-order valence-electron chi connectivity index (χ4n) is 1.93. The molecular weight excluding hydrogens is 317 g/mol. The molecule has 2 rings (SSSR count). The van der Waals surface area contributed by atoms with Crippen LogP contribution in [0, 0.1) is 5.82 Å². The molecule has 0 saturated carbocycles. The van der Waals surface area contributed by atoms with Crippen molar-refractivity contribution < 1.29 is 18.7 Å². The number of amides is 1. The van der Waals surface area contributed by atoms with Crippen molar-refractivity contribution in [1.29, 1.82) is 0 Å². The fourth-order valence-corrected chi connectivity index (χ4v) is 2.72. The highest BCUT2D eigenvalue weighted by Crippen LogP contribution is 2.29. The molecule has 23 heavy (non-hydrogen) atoms. The molecule has 0 unspecified atom stereocenters. The molecule has 6 heteroatoms. The van der Waals surface area contributed by atoms with Crippen molar-refractivity contribution in [3.63, 3.8) is 0 Å². The van der Waals surface area contributed by atoms with Crippen LogP contribution in [0.1, 0.15) is 5.56 Å². The molecule has 4 nitrogen and oxygen atoms in total. The summed E-state index contributed by atoms with van der Waals surface area (Å²) in [6, 6.07) is 11.5. The Hall–Kier alpha value is -2.21. The van der Waals surface area contributed by atoms with Crippen molar-refractivity contribution in [2.45, 2.75) is 5.75 Å². The maximum Gasteiger partial charge on any atom is 0.234 e. The zero-order valence-corrected chi connectivity index (χ0v) is 13.8. The lowest BCUT2D eigenvalue weighted by molar-refractivity contribution is -0.113. The third-order valence-electron chi connectivity index (χ3n) is 3.10. The molecule has 0 atom stereocenters. The van der Waals surface area contributed by atoms with Crippen LogP contribution >= 0.6 is 11.8 Å². The summed E-state index contributed by atoms with van der Waals surface area (Å²) >= 11 is 1.46. The monoisotopic (exact) mass is 335 g/mol. The lowest BCUT2D eigenvalue weighted by atomic mass is 10.2. The molecule has 0 heterocycles. The van der Waals surface area contributed by atoms with E-state index in [9.17, 15) is 9.18 Å². The van der Waals surface area contributed by atoms with Crippen molar-refractivity contribution in [2.24, 2.45) is 0 Å². The first-order valence-electron chi connectivity index (χ1n) is 6.96. The Labute approximate surface area is 139 Å². The van der Waals surface area contributed by atoms with Gasteiger partial charge in [-0.3, -0.25) is 4.79 Å². The van der Waals surface area contributed by atoms with Crippen LogP contribution in [0.4, 0.5) is 10.1 Å². The zero-order valence-electron chi connectivity index (χ0n) is 13.0. The number of halogens is 1. The fraction of sp³-hybridized carbons (Fsp3) is 0.235. The van der Waals surface area contributed by atoms with Gasteiger partial charge in [0.25, 0.3) is 0 Å². The van der Waals surface area contributed by atoms with E-state index < -0.39 is 0 Å². The SMILES string of the molecule is COc1ccc(NC(=O)CSCc2ccc(F)cc2)c(OC)c1. The number of ether oxygens (including phenoxy) is 2. The summed E-state index contributed by atoms with van der Waals surface area (Å²) in [5, 5.41) is 2.81. The second kappa shape index (κ2) is 8.43. The summed E-state index contributed by atoms with van der Waals surface area (Å²) in [5.41, 5.74) is 1.58. The van der Waals surface area contributed by atoms with E-state index in [0.29, 0.717) is 28.7 Å². The molecule has 2 aromatic carbocycles. The number of benzene rings is 2.